The summed E-state index contributed by atoms with van der Waals surface area (Å²) in [6.07, 6.45) is 3.64. The molecule has 1 aromatic rings. The van der Waals surface area contributed by atoms with Crippen molar-refractivity contribution in [2.75, 3.05) is 31.9 Å². The quantitative estimate of drug-likeness (QED) is 0.643. The van der Waals surface area contributed by atoms with Crippen LogP contribution >= 0.6 is 24.8 Å². The van der Waals surface area contributed by atoms with E-state index in [0.717, 1.165) is 25.1 Å². The zero-order chi connectivity index (χ0) is 13.7. The molecule has 0 spiro atoms. The lowest BCUT2D eigenvalue weighted by atomic mass is 10.1. The van der Waals surface area contributed by atoms with Gasteiger partial charge in [0.25, 0.3) is 5.91 Å². The second kappa shape index (κ2) is 9.87. The molecule has 4 nitrogen and oxygen atoms in total. The Balaban J connectivity index is 0.00000200. The minimum absolute atomic E-state index is 0. The van der Waals surface area contributed by atoms with Gasteiger partial charge in [-0.15, -0.1) is 24.8 Å². The fourth-order valence-corrected chi connectivity index (χ4v) is 2.49. The Kier molecular flexibility index (Phi) is 9.42. The lowest BCUT2D eigenvalue weighted by molar-refractivity contribution is 0.0951. The second-order valence-corrected chi connectivity index (χ2v) is 5.23. The molecule has 0 unspecified atom stereocenters. The summed E-state index contributed by atoms with van der Waals surface area (Å²) in [6, 6.07) is 5.44. The van der Waals surface area contributed by atoms with Crippen molar-refractivity contribution in [2.24, 2.45) is 0 Å². The number of rotatable bonds is 5. The number of hydrogen-bond donors (Lipinski definition) is 2. The third-order valence-corrected chi connectivity index (χ3v) is 3.64. The molecule has 0 radical (unpaired) electrons. The number of hydrogen-bond acceptors (Lipinski definition) is 3. The molecule has 21 heavy (non-hydrogen) atoms. The number of aryl methyl sites for hydroxylation is 1. The van der Waals surface area contributed by atoms with Gasteiger partial charge in [-0.2, -0.15) is 0 Å². The van der Waals surface area contributed by atoms with E-state index in [1.54, 1.807) is 6.07 Å². The van der Waals surface area contributed by atoms with Crippen molar-refractivity contribution in [3.8, 4) is 0 Å². The van der Waals surface area contributed by atoms with Crippen molar-refractivity contribution in [3.05, 3.63) is 29.3 Å². The van der Waals surface area contributed by atoms with Gasteiger partial charge in [0, 0.05) is 17.8 Å². The van der Waals surface area contributed by atoms with Crippen LogP contribution < -0.4 is 11.1 Å². The number of likely N-dealkylation sites (tertiary alicyclic amines) is 1. The van der Waals surface area contributed by atoms with Crippen molar-refractivity contribution in [1.82, 2.24) is 10.2 Å². The van der Waals surface area contributed by atoms with E-state index in [4.69, 9.17) is 5.73 Å². The number of amides is 1. The average Bonchev–Trinajstić information content (AvgIpc) is 2.90. The Bertz CT molecular complexity index is 449. The molecule has 1 heterocycles. The standard InChI is InChI=1S/C15H23N3O.2ClH/c1-12-5-6-13(16)11-14(12)15(19)17-7-4-10-18-8-2-3-9-18;;/h5-6,11H,2-4,7-10,16H2,1H3,(H,17,19);2*1H. The van der Waals surface area contributed by atoms with E-state index >= 15 is 0 Å². The molecule has 0 bridgehead atoms. The van der Waals surface area contributed by atoms with Gasteiger partial charge in [-0.25, -0.2) is 0 Å². The van der Waals surface area contributed by atoms with Crippen LogP contribution in [0.3, 0.4) is 0 Å². The highest BCUT2D eigenvalue weighted by Gasteiger charge is 2.11. The highest BCUT2D eigenvalue weighted by atomic mass is 35.5. The Morgan fingerprint density at radius 1 is 1.29 bits per heavy atom. The first-order chi connectivity index (χ1) is 9.16. The molecule has 6 heteroatoms. The number of carbonyl (C=O) groups is 1. The zero-order valence-corrected chi connectivity index (χ0v) is 14.1. The summed E-state index contributed by atoms with van der Waals surface area (Å²) in [4.78, 5) is 14.5. The van der Waals surface area contributed by atoms with E-state index in [2.05, 4.69) is 10.2 Å². The van der Waals surface area contributed by atoms with Gasteiger partial charge in [-0.3, -0.25) is 4.79 Å². The molecule has 0 atom stereocenters. The summed E-state index contributed by atoms with van der Waals surface area (Å²) >= 11 is 0. The second-order valence-electron chi connectivity index (χ2n) is 5.23. The van der Waals surface area contributed by atoms with Crippen molar-refractivity contribution in [3.63, 3.8) is 0 Å². The van der Waals surface area contributed by atoms with E-state index < -0.39 is 0 Å². The van der Waals surface area contributed by atoms with Crippen LogP contribution in [0.1, 0.15) is 35.2 Å². The molecule has 0 aliphatic carbocycles. The summed E-state index contributed by atoms with van der Waals surface area (Å²) in [5, 5.41) is 2.97. The van der Waals surface area contributed by atoms with Gasteiger partial charge in [0.1, 0.15) is 0 Å². The SMILES string of the molecule is Cc1ccc(N)cc1C(=O)NCCCN1CCCC1.Cl.Cl. The Hall–Kier alpha value is -0.970. The molecule has 1 fully saturated rings. The van der Waals surface area contributed by atoms with Crippen LogP contribution in [-0.4, -0.2) is 37.0 Å². The van der Waals surface area contributed by atoms with Crippen LogP contribution in [0, 0.1) is 6.92 Å². The number of nitrogen functional groups attached to an aromatic ring is 1. The van der Waals surface area contributed by atoms with Gasteiger partial charge in [0.2, 0.25) is 0 Å². The first-order valence-electron chi connectivity index (χ1n) is 7.03. The van der Waals surface area contributed by atoms with Crippen LogP contribution in [0.4, 0.5) is 5.69 Å². The Morgan fingerprint density at radius 3 is 2.62 bits per heavy atom. The Morgan fingerprint density at radius 2 is 1.95 bits per heavy atom. The predicted octanol–water partition coefficient (Wildman–Crippen LogP) is 2.64. The summed E-state index contributed by atoms with van der Waals surface area (Å²) in [5.74, 6) is -0.0220. The minimum Gasteiger partial charge on any atom is -0.399 e. The fourth-order valence-electron chi connectivity index (χ4n) is 2.49. The van der Waals surface area contributed by atoms with Crippen molar-refractivity contribution in [2.45, 2.75) is 26.2 Å². The maximum Gasteiger partial charge on any atom is 0.251 e. The van der Waals surface area contributed by atoms with E-state index in [1.807, 2.05) is 19.1 Å². The third kappa shape index (κ3) is 6.12. The first kappa shape index (κ1) is 20.0. The first-order valence-corrected chi connectivity index (χ1v) is 7.03. The van der Waals surface area contributed by atoms with E-state index in [-0.39, 0.29) is 30.7 Å². The summed E-state index contributed by atoms with van der Waals surface area (Å²) in [5.41, 5.74) is 7.99. The third-order valence-electron chi connectivity index (χ3n) is 3.64. The summed E-state index contributed by atoms with van der Waals surface area (Å²) in [6.45, 7) is 6.16. The van der Waals surface area contributed by atoms with Gasteiger partial charge in [-0.05, 0) is 63.5 Å². The predicted molar refractivity (Wildman–Crippen MR) is 92.7 cm³/mol. The number of nitrogens with two attached hydrogens (primary N) is 1. The van der Waals surface area contributed by atoms with Crippen LogP contribution in [-0.2, 0) is 0 Å². The number of anilines is 1. The van der Waals surface area contributed by atoms with Crippen LogP contribution in [0.15, 0.2) is 18.2 Å². The maximum atomic E-state index is 12.0. The molecule has 1 saturated heterocycles. The van der Waals surface area contributed by atoms with Crippen molar-refractivity contribution < 1.29 is 4.79 Å². The zero-order valence-electron chi connectivity index (χ0n) is 12.4. The number of carbonyl (C=O) groups excluding carboxylic acids is 1. The Labute approximate surface area is 139 Å². The van der Waals surface area contributed by atoms with Crippen LogP contribution in [0.2, 0.25) is 0 Å². The smallest absolute Gasteiger partial charge is 0.251 e. The molecular weight excluding hydrogens is 309 g/mol. The maximum absolute atomic E-state index is 12.0. The molecule has 0 saturated carbocycles. The highest BCUT2D eigenvalue weighted by molar-refractivity contribution is 5.96. The average molecular weight is 334 g/mol. The number of nitrogens with one attached hydrogen (secondary N) is 1. The van der Waals surface area contributed by atoms with E-state index in [0.29, 0.717) is 11.3 Å². The molecule has 1 aliphatic heterocycles. The highest BCUT2D eigenvalue weighted by Crippen LogP contribution is 2.12. The molecule has 3 N–H and O–H groups in total. The van der Waals surface area contributed by atoms with E-state index in [9.17, 15) is 4.79 Å². The summed E-state index contributed by atoms with van der Waals surface area (Å²) < 4.78 is 0. The number of halogens is 2. The lowest BCUT2D eigenvalue weighted by Crippen LogP contribution is -2.29. The molecular formula is C15H25Cl2N3O. The minimum atomic E-state index is -0.0220. The monoisotopic (exact) mass is 333 g/mol. The van der Waals surface area contributed by atoms with Gasteiger partial charge >= 0.3 is 0 Å². The van der Waals surface area contributed by atoms with Crippen molar-refractivity contribution >= 4 is 36.4 Å². The van der Waals surface area contributed by atoms with Gasteiger partial charge in [-0.1, -0.05) is 6.07 Å². The lowest BCUT2D eigenvalue weighted by Gasteiger charge is -2.14. The molecule has 2 rings (SSSR count). The molecule has 0 aromatic heterocycles. The van der Waals surface area contributed by atoms with Crippen molar-refractivity contribution in [1.29, 1.82) is 0 Å². The molecule has 1 amide bonds. The van der Waals surface area contributed by atoms with Crippen LogP contribution in [0.25, 0.3) is 0 Å². The molecule has 1 aromatic carbocycles. The summed E-state index contributed by atoms with van der Waals surface area (Å²) in [7, 11) is 0. The topological polar surface area (TPSA) is 58.4 Å². The normalized spacial score (nSPS) is 14.1. The van der Waals surface area contributed by atoms with Gasteiger partial charge < -0.3 is 16.0 Å². The van der Waals surface area contributed by atoms with Crippen LogP contribution in [0.5, 0.6) is 0 Å². The van der Waals surface area contributed by atoms with Gasteiger partial charge in [0.15, 0.2) is 0 Å². The fraction of sp³-hybridized carbons (Fsp3) is 0.533. The largest absolute Gasteiger partial charge is 0.399 e. The van der Waals surface area contributed by atoms with Gasteiger partial charge in [0.05, 0.1) is 0 Å². The molecule has 1 aliphatic rings. The molecule has 120 valence electrons. The number of nitrogens with zero attached hydrogens (tertiary/aromatic N) is 1. The van der Waals surface area contributed by atoms with E-state index in [1.165, 1.54) is 25.9 Å². The number of benzene rings is 1.